The highest BCUT2D eigenvalue weighted by molar-refractivity contribution is 8.38. The molecule has 0 saturated heterocycles. The van der Waals surface area contributed by atoms with Gasteiger partial charge in [0.15, 0.2) is 0 Å². The van der Waals surface area contributed by atoms with E-state index in [1.165, 1.54) is 17.3 Å². The fraction of sp³-hybridized carbons (Fsp3) is 0.429. The van der Waals surface area contributed by atoms with E-state index in [1.54, 1.807) is 18.9 Å². The fourth-order valence-electron chi connectivity index (χ4n) is 1.82. The molecule has 0 aromatic heterocycles. The number of nitrogens with zero attached hydrogens (tertiary/aromatic N) is 1. The third-order valence-corrected chi connectivity index (χ3v) is 4.95. The number of carbonyl (C=O) groups is 1. The summed E-state index contributed by atoms with van der Waals surface area (Å²) in [7, 11) is 1.63. The number of hydrogen-bond donors (Lipinski definition) is 1. The normalized spacial score (nSPS) is 15.2. The van der Waals surface area contributed by atoms with E-state index in [4.69, 9.17) is 4.74 Å². The molecular formula is C14H18N2O2S2. The molecule has 1 unspecified atom stereocenters. The first-order valence-electron chi connectivity index (χ1n) is 6.39. The van der Waals surface area contributed by atoms with Crippen molar-refractivity contribution in [2.75, 3.05) is 19.5 Å². The van der Waals surface area contributed by atoms with Gasteiger partial charge in [0.05, 0.1) is 18.0 Å². The Bertz CT molecular complexity index is 506. The van der Waals surface area contributed by atoms with Crippen LogP contribution in [-0.2, 0) is 15.3 Å². The van der Waals surface area contributed by atoms with Gasteiger partial charge in [0, 0.05) is 18.9 Å². The summed E-state index contributed by atoms with van der Waals surface area (Å²) >= 11 is 3.17. The lowest BCUT2D eigenvalue weighted by atomic mass is 10.2. The SMILES string of the molecule is COCC(C)NC(=O)CSC1=Nc2ccccc2CS1. The second kappa shape index (κ2) is 7.71. The minimum Gasteiger partial charge on any atom is -0.383 e. The van der Waals surface area contributed by atoms with Crippen LogP contribution in [0.1, 0.15) is 12.5 Å². The minimum atomic E-state index is 0.0155. The maximum Gasteiger partial charge on any atom is 0.230 e. The van der Waals surface area contributed by atoms with Crippen molar-refractivity contribution in [1.82, 2.24) is 5.32 Å². The second-order valence-electron chi connectivity index (χ2n) is 4.51. The highest BCUT2D eigenvalue weighted by Gasteiger charge is 2.14. The highest BCUT2D eigenvalue weighted by Crippen LogP contribution is 2.34. The number of para-hydroxylation sites is 1. The van der Waals surface area contributed by atoms with Gasteiger partial charge in [0.1, 0.15) is 4.38 Å². The molecule has 0 saturated carbocycles. The van der Waals surface area contributed by atoms with Gasteiger partial charge in [-0.1, -0.05) is 41.7 Å². The van der Waals surface area contributed by atoms with Crippen molar-refractivity contribution in [3.8, 4) is 0 Å². The van der Waals surface area contributed by atoms with Crippen LogP contribution in [0.15, 0.2) is 29.3 Å². The topological polar surface area (TPSA) is 50.7 Å². The van der Waals surface area contributed by atoms with Gasteiger partial charge in [-0.3, -0.25) is 4.79 Å². The van der Waals surface area contributed by atoms with Crippen molar-refractivity contribution in [3.05, 3.63) is 29.8 Å². The molecule has 1 N–H and O–H groups in total. The van der Waals surface area contributed by atoms with E-state index in [-0.39, 0.29) is 11.9 Å². The van der Waals surface area contributed by atoms with Gasteiger partial charge < -0.3 is 10.1 Å². The average molecular weight is 310 g/mol. The zero-order chi connectivity index (χ0) is 14.4. The number of methoxy groups -OCH3 is 1. The number of rotatable bonds is 5. The molecule has 1 aliphatic heterocycles. The van der Waals surface area contributed by atoms with Gasteiger partial charge >= 0.3 is 0 Å². The molecule has 2 rings (SSSR count). The van der Waals surface area contributed by atoms with Crippen LogP contribution in [0.2, 0.25) is 0 Å². The Balaban J connectivity index is 1.83. The Morgan fingerprint density at radius 1 is 1.55 bits per heavy atom. The summed E-state index contributed by atoms with van der Waals surface area (Å²) in [6.45, 7) is 2.45. The summed E-state index contributed by atoms with van der Waals surface area (Å²) in [6.07, 6.45) is 0. The van der Waals surface area contributed by atoms with Crippen molar-refractivity contribution < 1.29 is 9.53 Å². The molecule has 1 aromatic carbocycles. The van der Waals surface area contributed by atoms with E-state index in [2.05, 4.69) is 16.4 Å². The van der Waals surface area contributed by atoms with Crippen molar-refractivity contribution >= 4 is 39.5 Å². The van der Waals surface area contributed by atoms with E-state index in [0.29, 0.717) is 12.4 Å². The largest absolute Gasteiger partial charge is 0.383 e. The minimum absolute atomic E-state index is 0.0155. The summed E-state index contributed by atoms with van der Waals surface area (Å²) in [6, 6.07) is 8.15. The molecule has 20 heavy (non-hydrogen) atoms. The molecule has 1 heterocycles. The predicted molar refractivity (Wildman–Crippen MR) is 86.8 cm³/mol. The number of benzene rings is 1. The van der Waals surface area contributed by atoms with Gasteiger partial charge in [-0.15, -0.1) is 0 Å². The van der Waals surface area contributed by atoms with Gasteiger partial charge in [0.25, 0.3) is 0 Å². The molecule has 0 bridgehead atoms. The van der Waals surface area contributed by atoms with Gasteiger partial charge in [-0.2, -0.15) is 0 Å². The lowest BCUT2D eigenvalue weighted by Crippen LogP contribution is -2.36. The number of fused-ring (bicyclic) bond motifs is 1. The van der Waals surface area contributed by atoms with E-state index in [1.807, 2.05) is 25.1 Å². The zero-order valence-electron chi connectivity index (χ0n) is 11.6. The molecule has 1 atom stereocenters. The van der Waals surface area contributed by atoms with Crippen LogP contribution in [0, 0.1) is 0 Å². The number of carbonyl (C=O) groups excluding carboxylic acids is 1. The Morgan fingerprint density at radius 3 is 3.15 bits per heavy atom. The Hall–Kier alpha value is -0.980. The molecule has 1 amide bonds. The Morgan fingerprint density at radius 2 is 2.35 bits per heavy atom. The lowest BCUT2D eigenvalue weighted by Gasteiger charge is -2.15. The van der Waals surface area contributed by atoms with Crippen molar-refractivity contribution in [2.45, 2.75) is 18.7 Å². The van der Waals surface area contributed by atoms with Crippen LogP contribution in [0.4, 0.5) is 5.69 Å². The molecule has 108 valence electrons. The van der Waals surface area contributed by atoms with E-state index in [0.717, 1.165) is 15.8 Å². The van der Waals surface area contributed by atoms with Crippen molar-refractivity contribution in [1.29, 1.82) is 0 Å². The molecule has 0 fully saturated rings. The molecule has 0 spiro atoms. The quantitative estimate of drug-likeness (QED) is 0.908. The first-order chi connectivity index (χ1) is 9.69. The predicted octanol–water partition coefficient (Wildman–Crippen LogP) is 2.81. The van der Waals surface area contributed by atoms with Crippen LogP contribution in [0.3, 0.4) is 0 Å². The molecule has 1 aromatic rings. The van der Waals surface area contributed by atoms with Crippen LogP contribution < -0.4 is 5.32 Å². The third-order valence-electron chi connectivity index (χ3n) is 2.71. The standard InChI is InChI=1S/C14H18N2O2S2/c1-10(7-18-2)15-13(17)9-20-14-16-12-6-4-3-5-11(12)8-19-14/h3-6,10H,7-9H2,1-2H3,(H,15,17). The van der Waals surface area contributed by atoms with Crippen molar-refractivity contribution in [3.63, 3.8) is 0 Å². The number of aliphatic imine (C=N–C) groups is 1. The van der Waals surface area contributed by atoms with E-state index in [9.17, 15) is 4.79 Å². The third kappa shape index (κ3) is 4.54. The number of nitrogens with one attached hydrogen (secondary N) is 1. The van der Waals surface area contributed by atoms with Gasteiger partial charge in [-0.05, 0) is 18.6 Å². The molecular weight excluding hydrogens is 292 g/mol. The average Bonchev–Trinajstić information content (AvgIpc) is 2.45. The van der Waals surface area contributed by atoms with Crippen LogP contribution >= 0.6 is 23.5 Å². The van der Waals surface area contributed by atoms with E-state index < -0.39 is 0 Å². The maximum atomic E-state index is 11.8. The van der Waals surface area contributed by atoms with Crippen LogP contribution in [0.5, 0.6) is 0 Å². The number of ether oxygens (including phenoxy) is 1. The summed E-state index contributed by atoms with van der Waals surface area (Å²) in [5.74, 6) is 1.33. The fourth-order valence-corrected chi connectivity index (χ4v) is 3.70. The summed E-state index contributed by atoms with van der Waals surface area (Å²) < 4.78 is 5.95. The first kappa shape index (κ1) is 15.4. The molecule has 0 radical (unpaired) electrons. The summed E-state index contributed by atoms with van der Waals surface area (Å²) in [5, 5.41) is 2.89. The van der Waals surface area contributed by atoms with Crippen molar-refractivity contribution in [2.24, 2.45) is 4.99 Å². The second-order valence-corrected chi connectivity index (χ2v) is 6.69. The first-order valence-corrected chi connectivity index (χ1v) is 8.36. The zero-order valence-corrected chi connectivity index (χ0v) is 13.2. The molecule has 4 nitrogen and oxygen atoms in total. The molecule has 1 aliphatic rings. The number of hydrogen-bond acceptors (Lipinski definition) is 5. The smallest absolute Gasteiger partial charge is 0.230 e. The maximum absolute atomic E-state index is 11.8. The number of amides is 1. The highest BCUT2D eigenvalue weighted by atomic mass is 32.2. The van der Waals surface area contributed by atoms with Gasteiger partial charge in [0.2, 0.25) is 5.91 Å². The van der Waals surface area contributed by atoms with Crippen LogP contribution in [0.25, 0.3) is 0 Å². The summed E-state index contributed by atoms with van der Waals surface area (Å²) in [5.41, 5.74) is 2.27. The lowest BCUT2D eigenvalue weighted by molar-refractivity contribution is -0.119. The monoisotopic (exact) mass is 310 g/mol. The van der Waals surface area contributed by atoms with E-state index >= 15 is 0 Å². The summed E-state index contributed by atoms with van der Waals surface area (Å²) in [4.78, 5) is 16.3. The Kier molecular flexibility index (Phi) is 5.94. The molecule has 0 aliphatic carbocycles. The van der Waals surface area contributed by atoms with Gasteiger partial charge in [-0.25, -0.2) is 4.99 Å². The number of thioether (sulfide) groups is 2. The molecule has 6 heteroatoms. The Labute approximate surface area is 127 Å². The van der Waals surface area contributed by atoms with Crippen LogP contribution in [-0.4, -0.2) is 35.8 Å².